The van der Waals surface area contributed by atoms with Crippen molar-refractivity contribution in [2.24, 2.45) is 0 Å². The number of carbonyl (C=O) groups excluding carboxylic acids is 1. The van der Waals surface area contributed by atoms with Crippen LogP contribution in [0.3, 0.4) is 0 Å². The highest BCUT2D eigenvalue weighted by Gasteiger charge is 2.36. The van der Waals surface area contributed by atoms with Gasteiger partial charge in [0, 0.05) is 5.56 Å². The second-order valence-electron chi connectivity index (χ2n) is 6.18. The molecule has 1 aromatic carbocycles. The quantitative estimate of drug-likeness (QED) is 0.894. The fraction of sp³-hybridized carbons (Fsp3) is 0.529. The summed E-state index contributed by atoms with van der Waals surface area (Å²) in [4.78, 5) is 23.7. The van der Waals surface area contributed by atoms with E-state index in [0.29, 0.717) is 5.56 Å². The Balaban J connectivity index is 2.21. The minimum Gasteiger partial charge on any atom is -0.481 e. The number of carbonyl (C=O) groups is 2. The van der Waals surface area contributed by atoms with Crippen LogP contribution in [0.1, 0.15) is 60.0 Å². The zero-order chi connectivity index (χ0) is 15.5. The van der Waals surface area contributed by atoms with Gasteiger partial charge in [0.2, 0.25) is 0 Å². The minimum absolute atomic E-state index is 0.00357. The summed E-state index contributed by atoms with van der Waals surface area (Å²) in [5.41, 5.74) is 2.00. The fourth-order valence-electron chi connectivity index (χ4n) is 3.15. The lowest BCUT2D eigenvalue weighted by atomic mass is 9.79. The Kier molecular flexibility index (Phi) is 4.66. The van der Waals surface area contributed by atoms with E-state index in [2.05, 4.69) is 5.32 Å². The Morgan fingerprint density at radius 2 is 1.86 bits per heavy atom. The van der Waals surface area contributed by atoms with Gasteiger partial charge < -0.3 is 10.4 Å². The maximum Gasteiger partial charge on any atom is 0.305 e. The third kappa shape index (κ3) is 3.84. The van der Waals surface area contributed by atoms with Gasteiger partial charge in [-0.2, -0.15) is 0 Å². The van der Waals surface area contributed by atoms with Crippen molar-refractivity contribution < 1.29 is 14.7 Å². The highest BCUT2D eigenvalue weighted by Crippen LogP contribution is 2.31. The van der Waals surface area contributed by atoms with E-state index in [1.807, 2.05) is 32.0 Å². The van der Waals surface area contributed by atoms with E-state index in [-0.39, 0.29) is 12.3 Å². The number of benzene rings is 1. The van der Waals surface area contributed by atoms with Crippen molar-refractivity contribution >= 4 is 11.9 Å². The van der Waals surface area contributed by atoms with Gasteiger partial charge in [-0.15, -0.1) is 0 Å². The molecule has 114 valence electrons. The molecule has 1 aliphatic rings. The van der Waals surface area contributed by atoms with Gasteiger partial charge in [0.05, 0.1) is 12.0 Å². The van der Waals surface area contributed by atoms with E-state index in [0.717, 1.165) is 43.2 Å². The predicted octanol–water partition coefficient (Wildman–Crippen LogP) is 3.21. The first kappa shape index (κ1) is 15.5. The number of rotatable bonds is 4. The Morgan fingerprint density at radius 3 is 2.48 bits per heavy atom. The zero-order valence-corrected chi connectivity index (χ0v) is 12.7. The minimum atomic E-state index is -0.849. The topological polar surface area (TPSA) is 66.4 Å². The number of amides is 1. The van der Waals surface area contributed by atoms with E-state index in [9.17, 15) is 9.59 Å². The molecule has 4 nitrogen and oxygen atoms in total. The molecule has 1 aliphatic carbocycles. The molecule has 0 unspecified atom stereocenters. The molecule has 2 rings (SSSR count). The molecule has 1 saturated carbocycles. The number of nitrogens with one attached hydrogen (secondary N) is 1. The third-order valence-corrected chi connectivity index (χ3v) is 4.32. The van der Waals surface area contributed by atoms with Crippen molar-refractivity contribution in [1.82, 2.24) is 5.32 Å². The third-order valence-electron chi connectivity index (χ3n) is 4.32. The molecule has 0 heterocycles. The van der Waals surface area contributed by atoms with E-state index in [1.165, 1.54) is 0 Å². The largest absolute Gasteiger partial charge is 0.481 e. The van der Waals surface area contributed by atoms with Gasteiger partial charge in [0.1, 0.15) is 0 Å². The fourth-order valence-corrected chi connectivity index (χ4v) is 3.15. The Labute approximate surface area is 125 Å². The smallest absolute Gasteiger partial charge is 0.305 e. The van der Waals surface area contributed by atoms with Crippen LogP contribution in [0.15, 0.2) is 18.2 Å². The summed E-state index contributed by atoms with van der Waals surface area (Å²) >= 11 is 0. The summed E-state index contributed by atoms with van der Waals surface area (Å²) in [7, 11) is 0. The van der Waals surface area contributed by atoms with Crippen LogP contribution < -0.4 is 5.32 Å². The summed E-state index contributed by atoms with van der Waals surface area (Å²) in [6.07, 6.45) is 4.55. The summed E-state index contributed by atoms with van der Waals surface area (Å²) in [5.74, 6) is -1.00. The average Bonchev–Trinajstić information content (AvgIpc) is 2.41. The number of carboxylic acids is 1. The lowest BCUT2D eigenvalue weighted by Gasteiger charge is -2.37. The van der Waals surface area contributed by atoms with E-state index in [4.69, 9.17) is 5.11 Å². The van der Waals surface area contributed by atoms with Crippen LogP contribution in [-0.2, 0) is 4.79 Å². The molecule has 0 aromatic heterocycles. The standard InChI is InChI=1S/C17H23NO3/c1-12-6-7-13(2)14(10-12)16(21)18-17(11-15(19)20)8-4-3-5-9-17/h6-7,10H,3-5,8-9,11H2,1-2H3,(H,18,21)(H,19,20). The van der Waals surface area contributed by atoms with Gasteiger partial charge >= 0.3 is 5.97 Å². The Bertz CT molecular complexity index is 545. The van der Waals surface area contributed by atoms with Crippen molar-refractivity contribution in [2.45, 2.75) is 57.9 Å². The molecule has 0 bridgehead atoms. The number of hydrogen-bond donors (Lipinski definition) is 2. The molecule has 21 heavy (non-hydrogen) atoms. The molecule has 0 spiro atoms. The molecule has 0 radical (unpaired) electrons. The van der Waals surface area contributed by atoms with Crippen LogP contribution in [-0.4, -0.2) is 22.5 Å². The highest BCUT2D eigenvalue weighted by molar-refractivity contribution is 5.96. The molecule has 1 amide bonds. The van der Waals surface area contributed by atoms with Crippen molar-refractivity contribution in [3.05, 3.63) is 34.9 Å². The highest BCUT2D eigenvalue weighted by atomic mass is 16.4. The Hall–Kier alpha value is -1.84. The first-order chi connectivity index (χ1) is 9.92. The Morgan fingerprint density at radius 1 is 1.19 bits per heavy atom. The van der Waals surface area contributed by atoms with Crippen molar-refractivity contribution in [2.75, 3.05) is 0 Å². The van der Waals surface area contributed by atoms with Gasteiger partial charge in [0.25, 0.3) is 5.91 Å². The summed E-state index contributed by atoms with van der Waals surface area (Å²) < 4.78 is 0. The molecular formula is C17H23NO3. The summed E-state index contributed by atoms with van der Waals surface area (Å²) in [6, 6.07) is 5.76. The van der Waals surface area contributed by atoms with Crippen LogP contribution in [0, 0.1) is 13.8 Å². The maximum atomic E-state index is 12.6. The van der Waals surface area contributed by atoms with Gasteiger partial charge in [0.15, 0.2) is 0 Å². The second-order valence-corrected chi connectivity index (χ2v) is 6.18. The van der Waals surface area contributed by atoms with E-state index in [1.54, 1.807) is 0 Å². The number of hydrogen-bond acceptors (Lipinski definition) is 2. The summed E-state index contributed by atoms with van der Waals surface area (Å²) in [5, 5.41) is 12.2. The lowest BCUT2D eigenvalue weighted by molar-refractivity contribution is -0.139. The van der Waals surface area contributed by atoms with Crippen LogP contribution in [0.5, 0.6) is 0 Å². The van der Waals surface area contributed by atoms with E-state index >= 15 is 0 Å². The monoisotopic (exact) mass is 289 g/mol. The predicted molar refractivity (Wildman–Crippen MR) is 81.5 cm³/mol. The first-order valence-electron chi connectivity index (χ1n) is 7.53. The van der Waals surface area contributed by atoms with Gasteiger partial charge in [-0.1, -0.05) is 37.0 Å². The number of aryl methyl sites for hydroxylation is 2. The SMILES string of the molecule is Cc1ccc(C)c(C(=O)NC2(CC(=O)O)CCCCC2)c1. The molecule has 1 fully saturated rings. The van der Waals surface area contributed by atoms with Crippen LogP contribution >= 0.6 is 0 Å². The maximum absolute atomic E-state index is 12.6. The normalized spacial score (nSPS) is 17.2. The average molecular weight is 289 g/mol. The van der Waals surface area contributed by atoms with Gasteiger partial charge in [-0.3, -0.25) is 9.59 Å². The molecule has 2 N–H and O–H groups in total. The molecular weight excluding hydrogens is 266 g/mol. The zero-order valence-electron chi connectivity index (χ0n) is 12.7. The van der Waals surface area contributed by atoms with Crippen molar-refractivity contribution in [1.29, 1.82) is 0 Å². The number of carboxylic acid groups (broad SMARTS) is 1. The number of aliphatic carboxylic acids is 1. The molecule has 1 aromatic rings. The van der Waals surface area contributed by atoms with Gasteiger partial charge in [-0.05, 0) is 38.3 Å². The molecule has 0 saturated heterocycles. The van der Waals surface area contributed by atoms with Gasteiger partial charge in [-0.25, -0.2) is 0 Å². The molecule has 0 atom stereocenters. The van der Waals surface area contributed by atoms with Crippen LogP contribution in [0.2, 0.25) is 0 Å². The summed E-state index contributed by atoms with van der Waals surface area (Å²) in [6.45, 7) is 3.85. The van der Waals surface area contributed by atoms with Crippen molar-refractivity contribution in [3.8, 4) is 0 Å². The van der Waals surface area contributed by atoms with Crippen molar-refractivity contribution in [3.63, 3.8) is 0 Å². The lowest BCUT2D eigenvalue weighted by Crippen LogP contribution is -2.51. The van der Waals surface area contributed by atoms with Crippen LogP contribution in [0.4, 0.5) is 0 Å². The van der Waals surface area contributed by atoms with E-state index < -0.39 is 11.5 Å². The second kappa shape index (κ2) is 6.29. The first-order valence-corrected chi connectivity index (χ1v) is 7.53. The molecule has 4 heteroatoms. The molecule has 0 aliphatic heterocycles. The van der Waals surface area contributed by atoms with Crippen LogP contribution in [0.25, 0.3) is 0 Å².